The number of nitrogens with zero attached hydrogens (tertiary/aromatic N) is 1. The molecule has 1 aliphatic heterocycles. The Labute approximate surface area is 119 Å². The predicted molar refractivity (Wildman–Crippen MR) is 82.0 cm³/mol. The lowest BCUT2D eigenvalue weighted by Gasteiger charge is -2.14. The Balaban J connectivity index is 1.39. The Hall–Kier alpha value is -0.900. The minimum atomic E-state index is 0.837. The first-order valence-electron chi connectivity index (χ1n) is 7.18. The second-order valence-corrected chi connectivity index (χ2v) is 6.15. The van der Waals surface area contributed by atoms with Crippen LogP contribution in [0.5, 0.6) is 0 Å². The molecule has 102 valence electrons. The topological polar surface area (TPSA) is 12.5 Å². The molecule has 0 unspecified atom stereocenters. The van der Waals surface area contributed by atoms with Gasteiger partial charge < -0.3 is 9.64 Å². The normalized spacial score (nSPS) is 16.4. The lowest BCUT2D eigenvalue weighted by atomic mass is 10.1. The van der Waals surface area contributed by atoms with Crippen LogP contribution in [0.4, 0.5) is 0 Å². The second-order valence-electron chi connectivity index (χ2n) is 5.20. The van der Waals surface area contributed by atoms with Crippen molar-refractivity contribution in [3.8, 4) is 0 Å². The molecule has 1 aromatic heterocycles. The Bertz CT molecular complexity index is 516. The van der Waals surface area contributed by atoms with E-state index < -0.39 is 0 Å². The van der Waals surface area contributed by atoms with Crippen molar-refractivity contribution in [2.75, 3.05) is 32.8 Å². The van der Waals surface area contributed by atoms with Gasteiger partial charge in [-0.2, -0.15) is 0 Å². The third-order valence-electron chi connectivity index (χ3n) is 3.80. The van der Waals surface area contributed by atoms with Gasteiger partial charge in [0.25, 0.3) is 0 Å². The van der Waals surface area contributed by atoms with Crippen molar-refractivity contribution in [3.05, 3.63) is 35.2 Å². The zero-order valence-corrected chi connectivity index (χ0v) is 12.1. The van der Waals surface area contributed by atoms with E-state index in [-0.39, 0.29) is 0 Å². The molecule has 1 fully saturated rings. The van der Waals surface area contributed by atoms with Crippen LogP contribution in [0.2, 0.25) is 0 Å². The van der Waals surface area contributed by atoms with Crippen molar-refractivity contribution in [2.45, 2.75) is 19.3 Å². The van der Waals surface area contributed by atoms with Crippen molar-refractivity contribution in [3.63, 3.8) is 0 Å². The molecule has 19 heavy (non-hydrogen) atoms. The van der Waals surface area contributed by atoms with Crippen LogP contribution in [-0.2, 0) is 11.2 Å². The molecule has 3 rings (SSSR count). The van der Waals surface area contributed by atoms with Crippen LogP contribution in [0.25, 0.3) is 10.1 Å². The van der Waals surface area contributed by atoms with Gasteiger partial charge in [-0.25, -0.2) is 0 Å². The highest BCUT2D eigenvalue weighted by Gasteiger charge is 2.10. The number of hydrogen-bond donors (Lipinski definition) is 0. The minimum absolute atomic E-state index is 0.837. The molecule has 1 aliphatic rings. The standard InChI is InChI=1S/C16H21NOS/c1-2-8-17(7-1)9-11-18-10-5-14-3-4-16-15(13-14)6-12-19-16/h3-4,6,12-13H,1-2,5,7-11H2. The molecule has 0 saturated carbocycles. The van der Waals surface area contributed by atoms with Gasteiger partial charge in [-0.1, -0.05) is 12.1 Å². The van der Waals surface area contributed by atoms with Crippen LogP contribution in [0.1, 0.15) is 18.4 Å². The second kappa shape index (κ2) is 6.51. The summed E-state index contributed by atoms with van der Waals surface area (Å²) in [5.74, 6) is 0. The van der Waals surface area contributed by atoms with E-state index in [1.54, 1.807) is 11.3 Å². The highest BCUT2D eigenvalue weighted by Crippen LogP contribution is 2.21. The van der Waals surface area contributed by atoms with E-state index in [0.29, 0.717) is 0 Å². The molecule has 0 aliphatic carbocycles. The summed E-state index contributed by atoms with van der Waals surface area (Å²) in [4.78, 5) is 2.50. The monoisotopic (exact) mass is 275 g/mol. The Morgan fingerprint density at radius 2 is 2.00 bits per heavy atom. The molecule has 0 spiro atoms. The quantitative estimate of drug-likeness (QED) is 0.747. The number of fused-ring (bicyclic) bond motifs is 1. The first-order chi connectivity index (χ1) is 9.42. The van der Waals surface area contributed by atoms with E-state index in [1.807, 2.05) is 0 Å². The molecule has 0 radical (unpaired) electrons. The van der Waals surface area contributed by atoms with Crippen molar-refractivity contribution < 1.29 is 4.74 Å². The number of thiophene rings is 1. The predicted octanol–water partition coefficient (Wildman–Crippen LogP) is 3.56. The van der Waals surface area contributed by atoms with E-state index in [9.17, 15) is 0 Å². The average Bonchev–Trinajstić information content (AvgIpc) is 3.08. The van der Waals surface area contributed by atoms with Gasteiger partial charge in [0.05, 0.1) is 13.2 Å². The molecular formula is C16H21NOS. The fourth-order valence-corrected chi connectivity index (χ4v) is 3.43. The highest BCUT2D eigenvalue weighted by atomic mass is 32.1. The Morgan fingerprint density at radius 3 is 2.89 bits per heavy atom. The molecule has 0 N–H and O–H groups in total. The summed E-state index contributed by atoms with van der Waals surface area (Å²) in [5, 5.41) is 3.51. The summed E-state index contributed by atoms with van der Waals surface area (Å²) in [6, 6.07) is 8.93. The molecule has 1 saturated heterocycles. The largest absolute Gasteiger partial charge is 0.380 e. The maximum Gasteiger partial charge on any atom is 0.0593 e. The molecule has 2 heterocycles. The number of rotatable bonds is 6. The first kappa shape index (κ1) is 13.1. The van der Waals surface area contributed by atoms with Crippen LogP contribution in [0.15, 0.2) is 29.6 Å². The maximum atomic E-state index is 5.75. The van der Waals surface area contributed by atoms with E-state index in [0.717, 1.165) is 26.2 Å². The van der Waals surface area contributed by atoms with Gasteiger partial charge >= 0.3 is 0 Å². The summed E-state index contributed by atoms with van der Waals surface area (Å²) in [6.07, 6.45) is 3.74. The molecule has 1 aromatic carbocycles. The van der Waals surface area contributed by atoms with Crippen molar-refractivity contribution in [1.29, 1.82) is 0 Å². The third kappa shape index (κ3) is 3.56. The summed E-state index contributed by atoms with van der Waals surface area (Å²) in [6.45, 7) is 5.34. The molecule has 3 heteroatoms. The average molecular weight is 275 g/mol. The zero-order valence-electron chi connectivity index (χ0n) is 11.3. The Morgan fingerprint density at radius 1 is 1.11 bits per heavy atom. The number of benzene rings is 1. The fourth-order valence-electron chi connectivity index (χ4n) is 2.66. The van der Waals surface area contributed by atoms with Crippen LogP contribution < -0.4 is 0 Å². The molecule has 0 atom stereocenters. The van der Waals surface area contributed by atoms with Crippen LogP contribution in [0, 0.1) is 0 Å². The van der Waals surface area contributed by atoms with Gasteiger partial charge in [0, 0.05) is 11.2 Å². The van der Waals surface area contributed by atoms with Gasteiger partial charge in [0.1, 0.15) is 0 Å². The number of hydrogen-bond acceptors (Lipinski definition) is 3. The molecule has 2 aromatic rings. The molecule has 0 amide bonds. The van der Waals surface area contributed by atoms with Gasteiger partial charge in [-0.05, 0) is 60.8 Å². The lowest BCUT2D eigenvalue weighted by molar-refractivity contribution is 0.113. The van der Waals surface area contributed by atoms with Gasteiger partial charge in [-0.15, -0.1) is 11.3 Å². The summed E-state index contributed by atoms with van der Waals surface area (Å²) >= 11 is 1.81. The van der Waals surface area contributed by atoms with Gasteiger partial charge in [0.2, 0.25) is 0 Å². The number of likely N-dealkylation sites (tertiary alicyclic amines) is 1. The SMILES string of the molecule is c1cc2cc(CCOCCN3CCCC3)ccc2s1. The minimum Gasteiger partial charge on any atom is -0.380 e. The molecular weight excluding hydrogens is 254 g/mol. The summed E-state index contributed by atoms with van der Waals surface area (Å²) in [5.41, 5.74) is 1.38. The highest BCUT2D eigenvalue weighted by molar-refractivity contribution is 7.17. The third-order valence-corrected chi connectivity index (χ3v) is 4.70. The Kier molecular flexibility index (Phi) is 4.49. The molecule has 2 nitrogen and oxygen atoms in total. The van der Waals surface area contributed by atoms with Crippen LogP contribution in [-0.4, -0.2) is 37.7 Å². The number of ether oxygens (including phenoxy) is 1. The lowest BCUT2D eigenvalue weighted by Crippen LogP contribution is -2.24. The van der Waals surface area contributed by atoms with E-state index in [4.69, 9.17) is 4.74 Å². The summed E-state index contributed by atoms with van der Waals surface area (Å²) < 4.78 is 7.13. The summed E-state index contributed by atoms with van der Waals surface area (Å²) in [7, 11) is 0. The van der Waals surface area contributed by atoms with Crippen LogP contribution in [0.3, 0.4) is 0 Å². The van der Waals surface area contributed by atoms with E-state index in [2.05, 4.69) is 34.5 Å². The van der Waals surface area contributed by atoms with Crippen LogP contribution >= 0.6 is 11.3 Å². The first-order valence-corrected chi connectivity index (χ1v) is 8.06. The van der Waals surface area contributed by atoms with Crippen molar-refractivity contribution >= 4 is 21.4 Å². The maximum absolute atomic E-state index is 5.75. The zero-order chi connectivity index (χ0) is 12.9. The van der Waals surface area contributed by atoms with Crippen molar-refractivity contribution in [2.24, 2.45) is 0 Å². The molecule has 0 bridgehead atoms. The fraction of sp³-hybridized carbons (Fsp3) is 0.500. The van der Waals surface area contributed by atoms with E-state index in [1.165, 1.54) is 41.6 Å². The van der Waals surface area contributed by atoms with Gasteiger partial charge in [0.15, 0.2) is 0 Å². The van der Waals surface area contributed by atoms with Crippen molar-refractivity contribution in [1.82, 2.24) is 4.90 Å². The smallest absolute Gasteiger partial charge is 0.0593 e. The van der Waals surface area contributed by atoms with Gasteiger partial charge in [-0.3, -0.25) is 0 Å². The van der Waals surface area contributed by atoms with E-state index >= 15 is 0 Å².